The van der Waals surface area contributed by atoms with Crippen molar-refractivity contribution in [2.45, 2.75) is 25.1 Å². The highest BCUT2D eigenvalue weighted by Crippen LogP contribution is 2.37. The van der Waals surface area contributed by atoms with Crippen LogP contribution in [0.5, 0.6) is 0 Å². The van der Waals surface area contributed by atoms with Crippen LogP contribution in [0, 0.1) is 0 Å². The number of halogens is 2. The molecular formula is C14H14BrClS. The van der Waals surface area contributed by atoms with Gasteiger partial charge in [0.15, 0.2) is 0 Å². The summed E-state index contributed by atoms with van der Waals surface area (Å²) in [6.07, 6.45) is 0. The molecule has 0 N–H and O–H groups in total. The van der Waals surface area contributed by atoms with Gasteiger partial charge in [0.25, 0.3) is 0 Å². The molecule has 3 heteroatoms. The molecule has 0 bridgehead atoms. The quantitative estimate of drug-likeness (QED) is 0.609. The van der Waals surface area contributed by atoms with Crippen LogP contribution in [-0.2, 0) is 0 Å². The summed E-state index contributed by atoms with van der Waals surface area (Å²) in [6.45, 7) is 4.39. The Hall–Kier alpha value is -0.310. The normalized spacial score (nSPS) is 13.0. The second-order valence-corrected chi connectivity index (χ2v) is 6.56. The van der Waals surface area contributed by atoms with Gasteiger partial charge in [-0.1, -0.05) is 38.1 Å². The highest BCUT2D eigenvalue weighted by molar-refractivity contribution is 9.10. The minimum absolute atomic E-state index is 0.0643. The van der Waals surface area contributed by atoms with E-state index in [0.717, 1.165) is 10.0 Å². The lowest BCUT2D eigenvalue weighted by Gasteiger charge is -2.11. The molecule has 0 spiro atoms. The number of alkyl halides is 1. The Kier molecular flexibility index (Phi) is 4.29. The van der Waals surface area contributed by atoms with Crippen molar-refractivity contribution in [3.8, 4) is 0 Å². The van der Waals surface area contributed by atoms with Crippen molar-refractivity contribution in [3.05, 3.63) is 56.2 Å². The number of hydrogen-bond donors (Lipinski definition) is 0. The first-order valence-corrected chi connectivity index (χ1v) is 7.67. The lowest BCUT2D eigenvalue weighted by Crippen LogP contribution is -1.93. The van der Waals surface area contributed by atoms with E-state index in [0.29, 0.717) is 5.92 Å². The van der Waals surface area contributed by atoms with Crippen LogP contribution in [0.25, 0.3) is 0 Å². The molecule has 0 saturated carbocycles. The Balaban J connectivity index is 2.26. The lowest BCUT2D eigenvalue weighted by molar-refractivity contribution is 0.865. The summed E-state index contributed by atoms with van der Waals surface area (Å²) in [7, 11) is 0. The predicted molar refractivity (Wildman–Crippen MR) is 80.2 cm³/mol. The Morgan fingerprint density at radius 2 is 1.65 bits per heavy atom. The maximum atomic E-state index is 6.49. The molecule has 0 fully saturated rings. The van der Waals surface area contributed by atoms with E-state index in [1.165, 1.54) is 10.4 Å². The van der Waals surface area contributed by atoms with Gasteiger partial charge in [0, 0.05) is 9.35 Å². The van der Waals surface area contributed by atoms with Gasteiger partial charge in [0.2, 0.25) is 0 Å². The van der Waals surface area contributed by atoms with E-state index in [2.05, 4.69) is 59.4 Å². The molecule has 1 atom stereocenters. The Labute approximate surface area is 120 Å². The molecule has 0 aliphatic rings. The average molecular weight is 330 g/mol. The molecule has 1 heterocycles. The minimum atomic E-state index is -0.0643. The fourth-order valence-corrected chi connectivity index (χ4v) is 3.84. The van der Waals surface area contributed by atoms with Crippen LogP contribution in [-0.4, -0.2) is 0 Å². The number of rotatable bonds is 3. The fraction of sp³-hybridized carbons (Fsp3) is 0.286. The largest absolute Gasteiger partial charge is 0.146 e. The van der Waals surface area contributed by atoms with Crippen LogP contribution < -0.4 is 0 Å². The zero-order valence-corrected chi connectivity index (χ0v) is 12.9. The van der Waals surface area contributed by atoms with Gasteiger partial charge < -0.3 is 0 Å². The lowest BCUT2D eigenvalue weighted by atomic mass is 10.0. The van der Waals surface area contributed by atoms with Crippen molar-refractivity contribution >= 4 is 38.9 Å². The monoisotopic (exact) mass is 328 g/mol. The Morgan fingerprint density at radius 1 is 1.06 bits per heavy atom. The Bertz CT molecular complexity index is 487. The van der Waals surface area contributed by atoms with Crippen LogP contribution in [0.15, 0.2) is 40.2 Å². The third-order valence-electron chi connectivity index (χ3n) is 2.77. The topological polar surface area (TPSA) is 0 Å². The summed E-state index contributed by atoms with van der Waals surface area (Å²) in [5.41, 5.74) is 2.50. The van der Waals surface area contributed by atoms with Crippen LogP contribution in [0.1, 0.15) is 41.1 Å². The van der Waals surface area contributed by atoms with Gasteiger partial charge in [-0.05, 0) is 44.4 Å². The van der Waals surface area contributed by atoms with Gasteiger partial charge in [-0.3, -0.25) is 0 Å². The third kappa shape index (κ3) is 2.93. The number of thiophene rings is 1. The average Bonchev–Trinajstić information content (AvgIpc) is 2.74. The SMILES string of the molecule is CC(C)c1ccc(C(Cl)c2sccc2Br)cc1. The molecule has 2 aromatic rings. The summed E-state index contributed by atoms with van der Waals surface area (Å²) in [5, 5.41) is 1.99. The Morgan fingerprint density at radius 3 is 2.12 bits per heavy atom. The molecule has 1 unspecified atom stereocenters. The first-order valence-electron chi connectivity index (χ1n) is 5.56. The molecule has 0 aliphatic carbocycles. The summed E-state index contributed by atoms with van der Waals surface area (Å²) in [4.78, 5) is 1.17. The van der Waals surface area contributed by atoms with Crippen LogP contribution in [0.4, 0.5) is 0 Å². The second-order valence-electron chi connectivity index (χ2n) is 4.32. The van der Waals surface area contributed by atoms with Gasteiger partial charge in [-0.25, -0.2) is 0 Å². The first-order chi connectivity index (χ1) is 8.09. The van der Waals surface area contributed by atoms with Gasteiger partial charge in [-0.2, -0.15) is 0 Å². The zero-order chi connectivity index (χ0) is 12.4. The van der Waals surface area contributed by atoms with E-state index in [1.807, 2.05) is 6.07 Å². The maximum Gasteiger partial charge on any atom is 0.0939 e. The summed E-state index contributed by atoms with van der Waals surface area (Å²) in [5.74, 6) is 0.561. The van der Waals surface area contributed by atoms with E-state index in [9.17, 15) is 0 Å². The van der Waals surface area contributed by atoms with E-state index in [-0.39, 0.29) is 5.38 Å². The van der Waals surface area contributed by atoms with Crippen LogP contribution in [0.2, 0.25) is 0 Å². The van der Waals surface area contributed by atoms with Gasteiger partial charge in [-0.15, -0.1) is 22.9 Å². The van der Waals surface area contributed by atoms with Crippen molar-refractivity contribution < 1.29 is 0 Å². The van der Waals surface area contributed by atoms with Crippen LogP contribution in [0.3, 0.4) is 0 Å². The van der Waals surface area contributed by atoms with E-state index in [4.69, 9.17) is 11.6 Å². The molecule has 0 nitrogen and oxygen atoms in total. The summed E-state index contributed by atoms with van der Waals surface area (Å²) in [6, 6.07) is 10.6. The van der Waals surface area contributed by atoms with Crippen molar-refractivity contribution in [1.29, 1.82) is 0 Å². The third-order valence-corrected chi connectivity index (χ3v) is 5.31. The van der Waals surface area contributed by atoms with E-state index in [1.54, 1.807) is 11.3 Å². The summed E-state index contributed by atoms with van der Waals surface area (Å²) >= 11 is 11.7. The van der Waals surface area contributed by atoms with Gasteiger partial charge in [0.05, 0.1) is 5.38 Å². The molecule has 1 aromatic heterocycles. The zero-order valence-electron chi connectivity index (χ0n) is 9.78. The van der Waals surface area contributed by atoms with Gasteiger partial charge in [0.1, 0.15) is 0 Å². The molecule has 90 valence electrons. The first kappa shape index (κ1) is 13.1. The van der Waals surface area contributed by atoms with E-state index >= 15 is 0 Å². The molecule has 0 amide bonds. The maximum absolute atomic E-state index is 6.49. The fourth-order valence-electron chi connectivity index (χ4n) is 1.69. The van der Waals surface area contributed by atoms with Crippen molar-refractivity contribution in [2.75, 3.05) is 0 Å². The number of benzene rings is 1. The van der Waals surface area contributed by atoms with Crippen molar-refractivity contribution in [1.82, 2.24) is 0 Å². The molecule has 17 heavy (non-hydrogen) atoms. The highest BCUT2D eigenvalue weighted by Gasteiger charge is 2.15. The smallest absolute Gasteiger partial charge is 0.0939 e. The minimum Gasteiger partial charge on any atom is -0.146 e. The van der Waals surface area contributed by atoms with Gasteiger partial charge >= 0.3 is 0 Å². The second kappa shape index (κ2) is 5.55. The van der Waals surface area contributed by atoms with Crippen molar-refractivity contribution in [2.24, 2.45) is 0 Å². The predicted octanol–water partition coefficient (Wildman–Crippen LogP) is 5.96. The molecule has 1 aromatic carbocycles. The molecule has 0 radical (unpaired) electrons. The van der Waals surface area contributed by atoms with Crippen molar-refractivity contribution in [3.63, 3.8) is 0 Å². The van der Waals surface area contributed by atoms with E-state index < -0.39 is 0 Å². The molecular weight excluding hydrogens is 316 g/mol. The van der Waals surface area contributed by atoms with Crippen LogP contribution >= 0.6 is 38.9 Å². The molecule has 0 saturated heterocycles. The standard InChI is InChI=1S/C14H14BrClS/c1-9(2)10-3-5-11(6-4-10)13(16)14-12(15)7-8-17-14/h3-9,13H,1-2H3. The molecule has 2 rings (SSSR count). The number of hydrogen-bond acceptors (Lipinski definition) is 1. The highest BCUT2D eigenvalue weighted by atomic mass is 79.9. The molecule has 0 aliphatic heterocycles. The summed E-state index contributed by atoms with van der Waals surface area (Å²) < 4.78 is 1.09.